The van der Waals surface area contributed by atoms with Gasteiger partial charge in [0.15, 0.2) is 27.7 Å². The molecule has 0 unspecified atom stereocenters. The quantitative estimate of drug-likeness (QED) is 0.603. The molecule has 32 heavy (non-hydrogen) atoms. The summed E-state index contributed by atoms with van der Waals surface area (Å²) in [6.45, 7) is -0.0544. The maximum absolute atomic E-state index is 15.3. The summed E-state index contributed by atoms with van der Waals surface area (Å²) in [5.74, 6) is -2.76. The second-order valence-corrected chi connectivity index (χ2v) is 10.9. The van der Waals surface area contributed by atoms with Crippen molar-refractivity contribution in [1.82, 2.24) is 0 Å². The maximum Gasteiger partial charge on any atom is 0.188 e. The monoisotopic (exact) mass is 486 g/mol. The molecule has 1 aliphatic carbocycles. The second-order valence-electron chi connectivity index (χ2n) is 8.28. The Hall–Kier alpha value is -1.74. The Labute approximate surface area is 191 Å². The Morgan fingerprint density at radius 3 is 2.50 bits per heavy atom. The SMILES string of the molecule is C.CO[C@@H]1C[C@@H]2[C@@H](CC[C@@]3(S(=O)(=O)c4ccc(Cl)cc4)c4c(F)ccc(F)c4OC[C@@H]23)O1. The van der Waals surface area contributed by atoms with Crippen molar-refractivity contribution < 1.29 is 31.4 Å². The van der Waals surface area contributed by atoms with Crippen LogP contribution in [-0.2, 0) is 24.1 Å². The number of rotatable bonds is 3. The van der Waals surface area contributed by atoms with Gasteiger partial charge in [0.1, 0.15) is 10.6 Å². The van der Waals surface area contributed by atoms with E-state index in [-0.39, 0.29) is 48.7 Å². The van der Waals surface area contributed by atoms with Crippen LogP contribution in [0.3, 0.4) is 0 Å². The summed E-state index contributed by atoms with van der Waals surface area (Å²) in [7, 11) is -2.63. The molecule has 9 heteroatoms. The highest BCUT2D eigenvalue weighted by Gasteiger charge is 2.64. The summed E-state index contributed by atoms with van der Waals surface area (Å²) in [5, 5.41) is 0.383. The van der Waals surface area contributed by atoms with Crippen LogP contribution in [0, 0.1) is 23.5 Å². The maximum atomic E-state index is 15.3. The van der Waals surface area contributed by atoms with Crippen molar-refractivity contribution in [3.05, 3.63) is 58.6 Å². The Morgan fingerprint density at radius 1 is 1.12 bits per heavy atom. The highest BCUT2D eigenvalue weighted by molar-refractivity contribution is 7.92. The van der Waals surface area contributed by atoms with Gasteiger partial charge in [-0.25, -0.2) is 17.2 Å². The largest absolute Gasteiger partial charge is 0.490 e. The Kier molecular flexibility index (Phi) is 6.03. The number of methoxy groups -OCH3 is 1. The molecule has 5 rings (SSSR count). The average molecular weight is 487 g/mol. The number of halogens is 3. The van der Waals surface area contributed by atoms with E-state index in [1.807, 2.05) is 0 Å². The van der Waals surface area contributed by atoms with Crippen LogP contribution in [0.15, 0.2) is 41.3 Å². The van der Waals surface area contributed by atoms with E-state index in [1.54, 1.807) is 0 Å². The average Bonchev–Trinajstić information content (AvgIpc) is 3.19. The van der Waals surface area contributed by atoms with Gasteiger partial charge in [0, 0.05) is 24.5 Å². The highest BCUT2D eigenvalue weighted by Crippen LogP contribution is 2.60. The fraction of sp³-hybridized carbons (Fsp3) is 0.478. The van der Waals surface area contributed by atoms with Gasteiger partial charge in [-0.2, -0.15) is 0 Å². The summed E-state index contributed by atoms with van der Waals surface area (Å²) < 4.78 is 73.5. The molecule has 0 radical (unpaired) electrons. The summed E-state index contributed by atoms with van der Waals surface area (Å²) in [5.41, 5.74) is -0.224. The van der Waals surface area contributed by atoms with E-state index in [9.17, 15) is 12.8 Å². The number of sulfone groups is 1. The first-order chi connectivity index (χ1) is 14.8. The fourth-order valence-electron chi connectivity index (χ4n) is 5.57. The zero-order valence-corrected chi connectivity index (χ0v) is 18.3. The summed E-state index contributed by atoms with van der Waals surface area (Å²) >= 11 is 5.96. The molecule has 5 atom stereocenters. The summed E-state index contributed by atoms with van der Waals surface area (Å²) in [6, 6.07) is 7.70. The molecule has 0 spiro atoms. The van der Waals surface area contributed by atoms with Crippen molar-refractivity contribution in [2.45, 2.75) is 48.7 Å². The fourth-order valence-corrected chi connectivity index (χ4v) is 8.10. The van der Waals surface area contributed by atoms with E-state index in [2.05, 4.69) is 0 Å². The molecule has 0 bridgehead atoms. The van der Waals surface area contributed by atoms with Gasteiger partial charge in [-0.15, -0.1) is 0 Å². The van der Waals surface area contributed by atoms with Gasteiger partial charge in [-0.05, 0) is 55.2 Å². The summed E-state index contributed by atoms with van der Waals surface area (Å²) in [6.07, 6.45) is 0.215. The first kappa shape index (κ1) is 23.4. The first-order valence-corrected chi connectivity index (χ1v) is 12.0. The third kappa shape index (κ3) is 3.18. The van der Waals surface area contributed by atoms with Crippen molar-refractivity contribution in [2.24, 2.45) is 11.8 Å². The lowest BCUT2D eigenvalue weighted by molar-refractivity contribution is -0.123. The van der Waals surface area contributed by atoms with Gasteiger partial charge in [-0.1, -0.05) is 19.0 Å². The molecule has 2 aromatic carbocycles. The number of ether oxygens (including phenoxy) is 3. The van der Waals surface area contributed by atoms with Gasteiger partial charge in [0.2, 0.25) is 0 Å². The lowest BCUT2D eigenvalue weighted by atomic mass is 9.66. The number of benzene rings is 2. The van der Waals surface area contributed by atoms with Crippen LogP contribution >= 0.6 is 11.6 Å². The smallest absolute Gasteiger partial charge is 0.188 e. The van der Waals surface area contributed by atoms with Crippen molar-refractivity contribution >= 4 is 21.4 Å². The lowest BCUT2D eigenvalue weighted by Gasteiger charge is -2.50. The van der Waals surface area contributed by atoms with Crippen LogP contribution in [0.5, 0.6) is 5.75 Å². The van der Waals surface area contributed by atoms with Crippen LogP contribution in [0.1, 0.15) is 32.3 Å². The van der Waals surface area contributed by atoms with E-state index in [1.165, 1.54) is 31.4 Å². The predicted molar refractivity (Wildman–Crippen MR) is 115 cm³/mol. The van der Waals surface area contributed by atoms with Crippen molar-refractivity contribution in [2.75, 3.05) is 13.7 Å². The second kappa shape index (κ2) is 8.24. The molecule has 174 valence electrons. The molecular formula is C23H25ClF2O5S. The highest BCUT2D eigenvalue weighted by atomic mass is 35.5. The van der Waals surface area contributed by atoms with E-state index in [0.29, 0.717) is 17.9 Å². The zero-order valence-electron chi connectivity index (χ0n) is 16.7. The van der Waals surface area contributed by atoms with Crippen molar-refractivity contribution in [1.29, 1.82) is 0 Å². The minimum Gasteiger partial charge on any atom is -0.490 e. The molecule has 0 aromatic heterocycles. The van der Waals surface area contributed by atoms with Gasteiger partial charge < -0.3 is 14.2 Å². The molecule has 5 nitrogen and oxygen atoms in total. The molecule has 0 N–H and O–H groups in total. The molecule has 3 aliphatic rings. The minimum absolute atomic E-state index is 0. The normalized spacial score (nSPS) is 31.0. The molecule has 2 aliphatic heterocycles. The van der Waals surface area contributed by atoms with Crippen molar-refractivity contribution in [3.63, 3.8) is 0 Å². The number of hydrogen-bond donors (Lipinski definition) is 0. The van der Waals surface area contributed by atoms with E-state index in [0.717, 1.165) is 12.1 Å². The van der Waals surface area contributed by atoms with E-state index >= 15 is 4.39 Å². The van der Waals surface area contributed by atoms with Crippen molar-refractivity contribution in [3.8, 4) is 5.75 Å². The molecule has 2 heterocycles. The van der Waals surface area contributed by atoms with Crippen LogP contribution in [-0.4, -0.2) is 34.5 Å². The van der Waals surface area contributed by atoms with E-state index in [4.69, 9.17) is 25.8 Å². The standard InChI is InChI=1S/C22H21ClF2O5S.CH4/c1-28-19-10-14-15-11-29-21-17(25)7-6-16(24)20(21)22(15,9-8-18(14)30-19)31(26,27)13-4-2-12(23)3-5-13;/h2-7,14-15,18-19H,8-11H2,1H3;1H4/t14-,15-,18+,19-,22-;/m0./s1. The van der Waals surface area contributed by atoms with Crippen LogP contribution < -0.4 is 4.74 Å². The lowest BCUT2D eigenvalue weighted by Crippen LogP contribution is -2.56. The topological polar surface area (TPSA) is 61.8 Å². The molecular weight excluding hydrogens is 462 g/mol. The molecule has 0 amide bonds. The zero-order chi connectivity index (χ0) is 22.0. The molecule has 1 saturated heterocycles. The minimum atomic E-state index is -4.16. The van der Waals surface area contributed by atoms with Crippen LogP contribution in [0.2, 0.25) is 5.02 Å². The molecule has 2 aromatic rings. The van der Waals surface area contributed by atoms with Gasteiger partial charge in [0.05, 0.1) is 23.2 Å². The third-order valence-electron chi connectivity index (χ3n) is 6.94. The third-order valence-corrected chi connectivity index (χ3v) is 9.76. The number of fused-ring (bicyclic) bond motifs is 5. The van der Waals surface area contributed by atoms with Gasteiger partial charge in [0.25, 0.3) is 0 Å². The summed E-state index contributed by atoms with van der Waals surface area (Å²) in [4.78, 5) is 0.0130. The number of hydrogen-bond acceptors (Lipinski definition) is 5. The molecule has 2 fully saturated rings. The Balaban J connectivity index is 0.00000245. The van der Waals surface area contributed by atoms with Crippen LogP contribution in [0.25, 0.3) is 0 Å². The Bertz CT molecular complexity index is 1120. The van der Waals surface area contributed by atoms with E-state index < -0.39 is 38.4 Å². The van der Waals surface area contributed by atoms with Crippen LogP contribution in [0.4, 0.5) is 8.78 Å². The Morgan fingerprint density at radius 2 is 1.81 bits per heavy atom. The van der Waals surface area contributed by atoms with Gasteiger partial charge >= 0.3 is 0 Å². The molecule has 1 saturated carbocycles. The first-order valence-electron chi connectivity index (χ1n) is 10.1. The predicted octanol–water partition coefficient (Wildman–Crippen LogP) is 5.10. The van der Waals surface area contributed by atoms with Gasteiger partial charge in [-0.3, -0.25) is 0 Å².